The van der Waals surface area contributed by atoms with Gasteiger partial charge >= 0.3 is 0 Å². The molecule has 0 spiro atoms. The second-order valence-corrected chi connectivity index (χ2v) is 8.44. The molecular formula is C24H25FN2OS. The van der Waals surface area contributed by atoms with Crippen LogP contribution < -0.4 is 4.90 Å². The molecule has 1 aliphatic rings. The Morgan fingerprint density at radius 1 is 1.07 bits per heavy atom. The molecule has 0 saturated carbocycles. The molecule has 0 atom stereocenters. The van der Waals surface area contributed by atoms with Crippen molar-refractivity contribution in [2.75, 3.05) is 18.0 Å². The Morgan fingerprint density at radius 3 is 2.38 bits per heavy atom. The molecule has 4 rings (SSSR count). The van der Waals surface area contributed by atoms with Gasteiger partial charge in [-0.2, -0.15) is 11.3 Å². The van der Waals surface area contributed by atoms with Gasteiger partial charge in [0.25, 0.3) is 5.91 Å². The summed E-state index contributed by atoms with van der Waals surface area (Å²) in [5.41, 5.74) is 3.94. The number of thiophene rings is 1. The molecular weight excluding hydrogens is 383 g/mol. The molecule has 3 nitrogen and oxygen atoms in total. The lowest BCUT2D eigenvalue weighted by atomic mass is 10.00. The van der Waals surface area contributed by atoms with E-state index in [0.29, 0.717) is 5.56 Å². The molecule has 5 heteroatoms. The summed E-state index contributed by atoms with van der Waals surface area (Å²) < 4.78 is 13.3. The zero-order valence-electron chi connectivity index (χ0n) is 16.6. The summed E-state index contributed by atoms with van der Waals surface area (Å²) in [6, 6.07) is 16.2. The highest BCUT2D eigenvalue weighted by Crippen LogP contribution is 2.27. The number of piperidine rings is 1. The van der Waals surface area contributed by atoms with Crippen molar-refractivity contribution in [2.45, 2.75) is 32.4 Å². The maximum atomic E-state index is 13.4. The molecule has 1 aliphatic heterocycles. The highest BCUT2D eigenvalue weighted by molar-refractivity contribution is 7.07. The lowest BCUT2D eigenvalue weighted by Gasteiger charge is -2.38. The largest absolute Gasteiger partial charge is 0.305 e. The summed E-state index contributed by atoms with van der Waals surface area (Å²) in [6.45, 7) is 4.92. The standard InChI is InChI=1S/C24H25FN2OS/c1-18-2-8-22(9-3-18)27(24(28)20-4-6-21(25)7-5-20)23-10-13-26(14-11-23)16-19-12-15-29-17-19/h2-9,12,15,17,23H,10-11,13-14,16H2,1H3. The third-order valence-electron chi connectivity index (χ3n) is 5.53. The summed E-state index contributed by atoms with van der Waals surface area (Å²) in [4.78, 5) is 17.7. The first-order chi connectivity index (χ1) is 14.1. The van der Waals surface area contributed by atoms with Crippen LogP contribution in [-0.2, 0) is 6.54 Å². The second kappa shape index (κ2) is 8.89. The number of carbonyl (C=O) groups is 1. The minimum atomic E-state index is -0.329. The van der Waals surface area contributed by atoms with Crippen LogP contribution in [0.5, 0.6) is 0 Å². The normalized spacial score (nSPS) is 15.4. The maximum Gasteiger partial charge on any atom is 0.258 e. The first-order valence-corrected chi connectivity index (χ1v) is 10.9. The smallest absolute Gasteiger partial charge is 0.258 e. The number of carbonyl (C=O) groups excluding carboxylic acids is 1. The van der Waals surface area contributed by atoms with E-state index in [-0.39, 0.29) is 17.8 Å². The molecule has 0 radical (unpaired) electrons. The number of likely N-dealkylation sites (tertiary alicyclic amines) is 1. The molecule has 1 aromatic heterocycles. The van der Waals surface area contributed by atoms with Gasteiger partial charge in [0.15, 0.2) is 0 Å². The van der Waals surface area contributed by atoms with E-state index >= 15 is 0 Å². The fraction of sp³-hybridized carbons (Fsp3) is 0.292. The molecule has 150 valence electrons. The molecule has 2 heterocycles. The SMILES string of the molecule is Cc1ccc(N(C(=O)c2ccc(F)cc2)C2CCN(Cc3ccsc3)CC2)cc1. The number of amides is 1. The minimum absolute atomic E-state index is 0.0647. The Kier molecular flexibility index (Phi) is 6.07. The number of anilines is 1. The van der Waals surface area contributed by atoms with Gasteiger partial charge in [-0.15, -0.1) is 0 Å². The fourth-order valence-corrected chi connectivity index (χ4v) is 4.57. The minimum Gasteiger partial charge on any atom is -0.305 e. The third-order valence-corrected chi connectivity index (χ3v) is 6.26. The van der Waals surface area contributed by atoms with Gasteiger partial charge in [0.2, 0.25) is 0 Å². The Morgan fingerprint density at radius 2 is 1.76 bits per heavy atom. The van der Waals surface area contributed by atoms with Crippen molar-refractivity contribution >= 4 is 22.9 Å². The van der Waals surface area contributed by atoms with Crippen LogP contribution in [0.4, 0.5) is 10.1 Å². The average Bonchev–Trinajstić information content (AvgIpc) is 3.24. The molecule has 0 unspecified atom stereocenters. The maximum absolute atomic E-state index is 13.4. The van der Waals surface area contributed by atoms with E-state index in [4.69, 9.17) is 0 Å². The summed E-state index contributed by atoms with van der Waals surface area (Å²) in [7, 11) is 0. The van der Waals surface area contributed by atoms with E-state index < -0.39 is 0 Å². The number of halogens is 1. The summed E-state index contributed by atoms with van der Waals surface area (Å²) >= 11 is 1.73. The van der Waals surface area contributed by atoms with Crippen LogP contribution in [-0.4, -0.2) is 29.9 Å². The first-order valence-electron chi connectivity index (χ1n) is 9.99. The molecule has 0 aliphatic carbocycles. The first kappa shape index (κ1) is 19.8. The van der Waals surface area contributed by atoms with E-state index in [1.165, 1.54) is 17.7 Å². The fourth-order valence-electron chi connectivity index (χ4n) is 3.91. The lowest BCUT2D eigenvalue weighted by molar-refractivity contribution is 0.0958. The summed E-state index contributed by atoms with van der Waals surface area (Å²) in [5, 5.41) is 4.31. The van der Waals surface area contributed by atoms with Crippen molar-refractivity contribution in [3.05, 3.63) is 87.9 Å². The van der Waals surface area contributed by atoms with Crippen molar-refractivity contribution in [3.8, 4) is 0 Å². The van der Waals surface area contributed by atoms with E-state index in [0.717, 1.165) is 43.7 Å². The summed E-state index contributed by atoms with van der Waals surface area (Å²) in [6.07, 6.45) is 1.84. The lowest BCUT2D eigenvalue weighted by Crippen LogP contribution is -2.47. The van der Waals surface area contributed by atoms with Crippen molar-refractivity contribution < 1.29 is 9.18 Å². The molecule has 1 amide bonds. The Hall–Kier alpha value is -2.50. The number of hydrogen-bond donors (Lipinski definition) is 0. The van der Waals surface area contributed by atoms with Crippen molar-refractivity contribution in [3.63, 3.8) is 0 Å². The van der Waals surface area contributed by atoms with E-state index in [9.17, 15) is 9.18 Å². The molecule has 1 fully saturated rings. The van der Waals surface area contributed by atoms with Crippen LogP contribution in [0, 0.1) is 12.7 Å². The Bertz CT molecular complexity index is 930. The monoisotopic (exact) mass is 408 g/mol. The Labute approximate surface area is 175 Å². The van der Waals surface area contributed by atoms with E-state index in [2.05, 4.69) is 21.7 Å². The number of aryl methyl sites for hydroxylation is 1. The number of benzene rings is 2. The molecule has 1 saturated heterocycles. The van der Waals surface area contributed by atoms with Crippen LogP contribution in [0.25, 0.3) is 0 Å². The highest BCUT2D eigenvalue weighted by atomic mass is 32.1. The van der Waals surface area contributed by atoms with E-state index in [1.807, 2.05) is 36.1 Å². The van der Waals surface area contributed by atoms with Crippen LogP contribution in [0.3, 0.4) is 0 Å². The topological polar surface area (TPSA) is 23.6 Å². The predicted octanol–water partition coefficient (Wildman–Crippen LogP) is 5.51. The highest BCUT2D eigenvalue weighted by Gasteiger charge is 2.30. The molecule has 2 aromatic carbocycles. The van der Waals surface area contributed by atoms with Gasteiger partial charge in [-0.05, 0) is 78.6 Å². The Balaban J connectivity index is 1.53. The third kappa shape index (κ3) is 4.74. The van der Waals surface area contributed by atoms with Crippen molar-refractivity contribution in [2.24, 2.45) is 0 Å². The van der Waals surface area contributed by atoms with E-state index in [1.54, 1.807) is 23.5 Å². The van der Waals surface area contributed by atoms with Gasteiger partial charge in [-0.1, -0.05) is 17.7 Å². The molecule has 0 N–H and O–H groups in total. The van der Waals surface area contributed by atoms with Gasteiger partial charge in [0.1, 0.15) is 5.82 Å². The van der Waals surface area contributed by atoms with Crippen molar-refractivity contribution in [1.82, 2.24) is 4.90 Å². The molecule has 29 heavy (non-hydrogen) atoms. The van der Waals surface area contributed by atoms with Crippen LogP contribution in [0.1, 0.15) is 34.3 Å². The van der Waals surface area contributed by atoms with Gasteiger partial charge < -0.3 is 4.90 Å². The van der Waals surface area contributed by atoms with Crippen LogP contribution >= 0.6 is 11.3 Å². The number of hydrogen-bond acceptors (Lipinski definition) is 3. The molecule has 3 aromatic rings. The predicted molar refractivity (Wildman–Crippen MR) is 117 cm³/mol. The van der Waals surface area contributed by atoms with Crippen LogP contribution in [0.2, 0.25) is 0 Å². The quantitative estimate of drug-likeness (QED) is 0.556. The van der Waals surface area contributed by atoms with Gasteiger partial charge in [-0.25, -0.2) is 4.39 Å². The van der Waals surface area contributed by atoms with Gasteiger partial charge in [-0.3, -0.25) is 9.69 Å². The second-order valence-electron chi connectivity index (χ2n) is 7.66. The number of rotatable bonds is 5. The molecule has 0 bridgehead atoms. The zero-order valence-corrected chi connectivity index (χ0v) is 17.4. The number of nitrogens with zero attached hydrogens (tertiary/aromatic N) is 2. The van der Waals surface area contributed by atoms with Gasteiger partial charge in [0, 0.05) is 36.9 Å². The van der Waals surface area contributed by atoms with Crippen molar-refractivity contribution in [1.29, 1.82) is 0 Å². The average molecular weight is 409 g/mol. The van der Waals surface area contributed by atoms with Gasteiger partial charge in [0.05, 0.1) is 0 Å². The summed E-state index contributed by atoms with van der Waals surface area (Å²) in [5.74, 6) is -0.393. The zero-order chi connectivity index (χ0) is 20.2. The van der Waals surface area contributed by atoms with Crippen LogP contribution in [0.15, 0.2) is 65.4 Å².